The molecule has 0 radical (unpaired) electrons. The van der Waals surface area contributed by atoms with Gasteiger partial charge in [0.1, 0.15) is 12.0 Å². The molecule has 1 aromatic heterocycles. The molecule has 122 valence electrons. The molecule has 1 aliphatic heterocycles. The number of rotatable bonds is 6. The van der Waals surface area contributed by atoms with Crippen LogP contribution >= 0.6 is 0 Å². The number of hydrogen-bond donors (Lipinski definition) is 1. The molecule has 2 heterocycles. The van der Waals surface area contributed by atoms with E-state index < -0.39 is 0 Å². The van der Waals surface area contributed by atoms with Crippen LogP contribution in [0.2, 0.25) is 0 Å². The van der Waals surface area contributed by atoms with E-state index in [-0.39, 0.29) is 0 Å². The van der Waals surface area contributed by atoms with Gasteiger partial charge in [-0.15, -0.1) is 0 Å². The van der Waals surface area contributed by atoms with Crippen molar-refractivity contribution in [1.29, 1.82) is 10.5 Å². The zero-order valence-corrected chi connectivity index (χ0v) is 13.4. The third-order valence-corrected chi connectivity index (χ3v) is 3.93. The molecule has 0 atom stereocenters. The van der Waals surface area contributed by atoms with Crippen LogP contribution in [0.3, 0.4) is 0 Å². The molecule has 0 aromatic carbocycles. The van der Waals surface area contributed by atoms with Crippen LogP contribution in [0.4, 0.5) is 17.3 Å². The number of nitrogens with zero attached hydrogens (tertiary/aromatic N) is 7. The average molecular weight is 314 g/mol. The summed E-state index contributed by atoms with van der Waals surface area (Å²) in [5.41, 5.74) is 6.83. The summed E-state index contributed by atoms with van der Waals surface area (Å²) in [5.74, 6) is 1.35. The summed E-state index contributed by atoms with van der Waals surface area (Å²) in [6, 6.07) is 4.24. The Balaban J connectivity index is 2.22. The predicted molar refractivity (Wildman–Crippen MR) is 88.8 cm³/mol. The molecule has 0 saturated carbocycles. The highest BCUT2D eigenvalue weighted by Gasteiger charge is 2.21. The second kappa shape index (κ2) is 8.16. The Morgan fingerprint density at radius 2 is 1.74 bits per heavy atom. The Kier molecular flexibility index (Phi) is 5.95. The lowest BCUT2D eigenvalue weighted by atomic mass is 10.2. The first-order valence-electron chi connectivity index (χ1n) is 7.70. The highest BCUT2D eigenvalue weighted by molar-refractivity contribution is 5.75. The quantitative estimate of drug-likeness (QED) is 0.805. The number of aromatic nitrogens is 2. The zero-order chi connectivity index (χ0) is 16.7. The van der Waals surface area contributed by atoms with Gasteiger partial charge in [-0.2, -0.15) is 10.5 Å². The van der Waals surface area contributed by atoms with Crippen molar-refractivity contribution in [2.24, 2.45) is 0 Å². The fourth-order valence-electron chi connectivity index (χ4n) is 2.59. The third-order valence-electron chi connectivity index (χ3n) is 3.93. The van der Waals surface area contributed by atoms with Crippen LogP contribution in [0.15, 0.2) is 6.33 Å². The number of anilines is 3. The highest BCUT2D eigenvalue weighted by atomic mass is 15.3. The van der Waals surface area contributed by atoms with Crippen LogP contribution in [0.5, 0.6) is 0 Å². The molecule has 2 rings (SSSR count). The second-order valence-corrected chi connectivity index (χ2v) is 5.53. The summed E-state index contributed by atoms with van der Waals surface area (Å²) in [6.07, 6.45) is 2.22. The van der Waals surface area contributed by atoms with E-state index in [1.165, 1.54) is 6.33 Å². The fraction of sp³-hybridized carbons (Fsp3) is 0.600. The first kappa shape index (κ1) is 16.8. The molecule has 8 heteroatoms. The fourth-order valence-corrected chi connectivity index (χ4v) is 2.59. The van der Waals surface area contributed by atoms with Crippen LogP contribution in [0.1, 0.15) is 12.8 Å². The van der Waals surface area contributed by atoms with E-state index in [2.05, 4.69) is 39.0 Å². The maximum absolute atomic E-state index is 8.82. The number of nitrogen functional groups attached to an aromatic ring is 1. The molecule has 1 saturated heterocycles. The maximum atomic E-state index is 8.82. The Hall–Kier alpha value is -2.58. The molecule has 0 aliphatic carbocycles. The lowest BCUT2D eigenvalue weighted by Gasteiger charge is -2.34. The van der Waals surface area contributed by atoms with Crippen molar-refractivity contribution < 1.29 is 0 Å². The minimum Gasteiger partial charge on any atom is -0.393 e. The normalized spacial score (nSPS) is 15.0. The van der Waals surface area contributed by atoms with Gasteiger partial charge in [-0.25, -0.2) is 9.97 Å². The lowest BCUT2D eigenvalue weighted by Crippen LogP contribution is -2.45. The van der Waals surface area contributed by atoms with E-state index in [1.54, 1.807) is 0 Å². The van der Waals surface area contributed by atoms with Gasteiger partial charge in [0.15, 0.2) is 11.6 Å². The van der Waals surface area contributed by atoms with Crippen molar-refractivity contribution in [2.75, 3.05) is 61.8 Å². The van der Waals surface area contributed by atoms with E-state index in [4.69, 9.17) is 16.3 Å². The minimum absolute atomic E-state index is 0.360. The molecular formula is C15H22N8. The van der Waals surface area contributed by atoms with E-state index in [9.17, 15) is 0 Å². The van der Waals surface area contributed by atoms with Gasteiger partial charge < -0.3 is 20.4 Å². The highest BCUT2D eigenvalue weighted by Crippen LogP contribution is 2.29. The van der Waals surface area contributed by atoms with Gasteiger partial charge in [-0.1, -0.05) is 0 Å². The molecule has 0 amide bonds. The third kappa shape index (κ3) is 4.21. The molecule has 0 spiro atoms. The monoisotopic (exact) mass is 314 g/mol. The first-order chi connectivity index (χ1) is 11.2. The molecule has 2 N–H and O–H groups in total. The zero-order valence-electron chi connectivity index (χ0n) is 13.4. The molecule has 1 aromatic rings. The summed E-state index contributed by atoms with van der Waals surface area (Å²) < 4.78 is 0. The van der Waals surface area contributed by atoms with Crippen molar-refractivity contribution in [2.45, 2.75) is 12.8 Å². The van der Waals surface area contributed by atoms with Gasteiger partial charge in [0.2, 0.25) is 0 Å². The van der Waals surface area contributed by atoms with Crippen molar-refractivity contribution in [3.63, 3.8) is 0 Å². The van der Waals surface area contributed by atoms with Crippen LogP contribution in [-0.4, -0.2) is 61.2 Å². The summed E-state index contributed by atoms with van der Waals surface area (Å²) >= 11 is 0. The number of likely N-dealkylation sites (N-methyl/N-ethyl adjacent to an activating group) is 1. The smallest absolute Gasteiger partial charge is 0.157 e. The Bertz CT molecular complexity index is 576. The Labute approximate surface area is 136 Å². The average Bonchev–Trinajstić information content (AvgIpc) is 2.57. The van der Waals surface area contributed by atoms with E-state index in [0.29, 0.717) is 37.4 Å². The second-order valence-electron chi connectivity index (χ2n) is 5.53. The standard InChI is InChI=1S/C15H22N8/c1-21-8-10-23(11-9-21)15-13(18)14(19-12-20-15)22(6-2-4-16)7-3-5-17/h12H,2-3,6-11,18H2,1H3. The van der Waals surface area contributed by atoms with E-state index in [1.807, 2.05) is 4.90 Å². The molecular weight excluding hydrogens is 292 g/mol. The van der Waals surface area contributed by atoms with Crippen LogP contribution in [-0.2, 0) is 0 Å². The Morgan fingerprint density at radius 3 is 2.30 bits per heavy atom. The number of nitriles is 2. The van der Waals surface area contributed by atoms with Crippen LogP contribution < -0.4 is 15.5 Å². The molecule has 23 heavy (non-hydrogen) atoms. The van der Waals surface area contributed by atoms with Gasteiger partial charge >= 0.3 is 0 Å². The van der Waals surface area contributed by atoms with Crippen LogP contribution in [0.25, 0.3) is 0 Å². The van der Waals surface area contributed by atoms with Crippen LogP contribution in [0, 0.1) is 22.7 Å². The summed E-state index contributed by atoms with van der Waals surface area (Å²) in [6.45, 7) is 4.67. The largest absolute Gasteiger partial charge is 0.393 e. The Morgan fingerprint density at radius 1 is 1.13 bits per heavy atom. The molecule has 1 aliphatic rings. The molecule has 0 unspecified atom stereocenters. The van der Waals surface area contributed by atoms with Gasteiger partial charge in [0, 0.05) is 39.3 Å². The van der Waals surface area contributed by atoms with E-state index in [0.717, 1.165) is 32.0 Å². The number of nitrogens with two attached hydrogens (primary N) is 1. The predicted octanol–water partition coefficient (Wildman–Crippen LogP) is 0.444. The van der Waals surface area contributed by atoms with Gasteiger partial charge in [-0.05, 0) is 7.05 Å². The van der Waals surface area contributed by atoms with Gasteiger partial charge in [0.25, 0.3) is 0 Å². The number of piperazine rings is 1. The summed E-state index contributed by atoms with van der Waals surface area (Å²) in [7, 11) is 2.09. The molecule has 0 bridgehead atoms. The lowest BCUT2D eigenvalue weighted by molar-refractivity contribution is 0.312. The first-order valence-corrected chi connectivity index (χ1v) is 7.70. The van der Waals surface area contributed by atoms with Crippen molar-refractivity contribution in [1.82, 2.24) is 14.9 Å². The van der Waals surface area contributed by atoms with Crippen molar-refractivity contribution >= 4 is 17.3 Å². The molecule has 1 fully saturated rings. The van der Waals surface area contributed by atoms with Crippen molar-refractivity contribution in [3.8, 4) is 12.1 Å². The minimum atomic E-state index is 0.360. The molecule has 8 nitrogen and oxygen atoms in total. The van der Waals surface area contributed by atoms with E-state index >= 15 is 0 Å². The number of hydrogen-bond acceptors (Lipinski definition) is 8. The SMILES string of the molecule is CN1CCN(c2ncnc(N(CCC#N)CCC#N)c2N)CC1. The van der Waals surface area contributed by atoms with Gasteiger partial charge in [0.05, 0.1) is 25.0 Å². The summed E-state index contributed by atoms with van der Waals surface area (Å²) in [4.78, 5) is 15.0. The van der Waals surface area contributed by atoms with Crippen molar-refractivity contribution in [3.05, 3.63) is 6.33 Å². The maximum Gasteiger partial charge on any atom is 0.157 e. The summed E-state index contributed by atoms with van der Waals surface area (Å²) in [5, 5.41) is 17.6. The topological polar surface area (TPSA) is 109 Å². The van der Waals surface area contributed by atoms with Gasteiger partial charge in [-0.3, -0.25) is 0 Å².